The third-order valence-electron chi connectivity index (χ3n) is 3.40. The SMILES string of the molecule is COCCOCCCN(C)C1CCCNCC1. The van der Waals surface area contributed by atoms with Gasteiger partial charge in [-0.25, -0.2) is 0 Å². The Morgan fingerprint density at radius 1 is 1.18 bits per heavy atom. The quantitative estimate of drug-likeness (QED) is 0.649. The molecule has 0 spiro atoms. The molecule has 0 aliphatic carbocycles. The minimum absolute atomic E-state index is 0.699. The van der Waals surface area contributed by atoms with Crippen molar-refractivity contribution in [3.63, 3.8) is 0 Å². The van der Waals surface area contributed by atoms with Gasteiger partial charge in [0.1, 0.15) is 0 Å². The van der Waals surface area contributed by atoms with Crippen LogP contribution in [0, 0.1) is 0 Å². The van der Waals surface area contributed by atoms with E-state index >= 15 is 0 Å². The van der Waals surface area contributed by atoms with Crippen molar-refractivity contribution in [2.75, 3.05) is 53.6 Å². The highest BCUT2D eigenvalue weighted by Crippen LogP contribution is 2.11. The van der Waals surface area contributed by atoms with Crippen molar-refractivity contribution in [3.05, 3.63) is 0 Å². The van der Waals surface area contributed by atoms with Crippen LogP contribution in [0.2, 0.25) is 0 Å². The summed E-state index contributed by atoms with van der Waals surface area (Å²) >= 11 is 0. The lowest BCUT2D eigenvalue weighted by atomic mass is 10.1. The monoisotopic (exact) mass is 244 g/mol. The lowest BCUT2D eigenvalue weighted by Crippen LogP contribution is -2.33. The molecule has 1 aliphatic rings. The Bertz CT molecular complexity index is 171. The first-order chi connectivity index (χ1) is 8.34. The molecule has 1 heterocycles. The number of ether oxygens (including phenoxy) is 2. The van der Waals surface area contributed by atoms with Gasteiger partial charge in [0.15, 0.2) is 0 Å². The summed E-state index contributed by atoms with van der Waals surface area (Å²) in [5.74, 6) is 0. The molecule has 4 nitrogen and oxygen atoms in total. The van der Waals surface area contributed by atoms with Crippen LogP contribution in [0.1, 0.15) is 25.7 Å². The van der Waals surface area contributed by atoms with Crippen LogP contribution in [-0.2, 0) is 9.47 Å². The van der Waals surface area contributed by atoms with Crippen LogP contribution in [0.4, 0.5) is 0 Å². The molecule has 1 N–H and O–H groups in total. The highest BCUT2D eigenvalue weighted by molar-refractivity contribution is 4.73. The third-order valence-corrected chi connectivity index (χ3v) is 3.40. The van der Waals surface area contributed by atoms with Crippen LogP contribution in [0.25, 0.3) is 0 Å². The van der Waals surface area contributed by atoms with E-state index in [0.29, 0.717) is 13.2 Å². The molecule has 1 atom stereocenters. The Morgan fingerprint density at radius 3 is 2.88 bits per heavy atom. The Balaban J connectivity index is 2.01. The van der Waals surface area contributed by atoms with Gasteiger partial charge >= 0.3 is 0 Å². The van der Waals surface area contributed by atoms with E-state index in [1.165, 1.54) is 32.4 Å². The van der Waals surface area contributed by atoms with Gasteiger partial charge < -0.3 is 19.7 Å². The summed E-state index contributed by atoms with van der Waals surface area (Å²) in [5.41, 5.74) is 0. The van der Waals surface area contributed by atoms with Crippen LogP contribution in [0.15, 0.2) is 0 Å². The summed E-state index contributed by atoms with van der Waals surface area (Å²) in [5, 5.41) is 3.46. The van der Waals surface area contributed by atoms with Gasteiger partial charge in [0.2, 0.25) is 0 Å². The second kappa shape index (κ2) is 9.83. The average molecular weight is 244 g/mol. The van der Waals surface area contributed by atoms with Crippen LogP contribution in [0.3, 0.4) is 0 Å². The first-order valence-electron chi connectivity index (χ1n) is 6.82. The van der Waals surface area contributed by atoms with Crippen molar-refractivity contribution < 1.29 is 9.47 Å². The van der Waals surface area contributed by atoms with Crippen LogP contribution < -0.4 is 5.32 Å². The topological polar surface area (TPSA) is 33.7 Å². The van der Waals surface area contributed by atoms with E-state index < -0.39 is 0 Å². The van der Waals surface area contributed by atoms with Gasteiger partial charge in [0, 0.05) is 26.3 Å². The Morgan fingerprint density at radius 2 is 2.06 bits per heavy atom. The highest BCUT2D eigenvalue weighted by atomic mass is 16.5. The smallest absolute Gasteiger partial charge is 0.0700 e. The zero-order valence-electron chi connectivity index (χ0n) is 11.4. The first-order valence-corrected chi connectivity index (χ1v) is 6.82. The summed E-state index contributed by atoms with van der Waals surface area (Å²) < 4.78 is 10.4. The zero-order valence-corrected chi connectivity index (χ0v) is 11.4. The number of rotatable bonds is 8. The fraction of sp³-hybridized carbons (Fsp3) is 1.00. The van der Waals surface area contributed by atoms with Gasteiger partial charge in [-0.3, -0.25) is 0 Å². The molecule has 1 saturated heterocycles. The second-order valence-corrected chi connectivity index (χ2v) is 4.77. The van der Waals surface area contributed by atoms with Gasteiger partial charge in [0.25, 0.3) is 0 Å². The molecule has 1 unspecified atom stereocenters. The van der Waals surface area contributed by atoms with Crippen LogP contribution >= 0.6 is 0 Å². The van der Waals surface area contributed by atoms with Crippen LogP contribution in [0.5, 0.6) is 0 Å². The standard InChI is InChI=1S/C13H28N2O2/c1-15(9-4-10-17-12-11-16-2)13-5-3-7-14-8-6-13/h13-14H,3-12H2,1-2H3. The Labute approximate surface area is 106 Å². The third kappa shape index (κ3) is 6.99. The highest BCUT2D eigenvalue weighted by Gasteiger charge is 2.15. The van der Waals surface area contributed by atoms with Crippen molar-refractivity contribution >= 4 is 0 Å². The maximum atomic E-state index is 5.47. The zero-order chi connectivity index (χ0) is 12.3. The molecule has 1 fully saturated rings. The fourth-order valence-corrected chi connectivity index (χ4v) is 2.28. The summed E-state index contributed by atoms with van der Waals surface area (Å²) in [6, 6.07) is 0.754. The minimum Gasteiger partial charge on any atom is -0.382 e. The predicted molar refractivity (Wildman–Crippen MR) is 70.5 cm³/mol. The Hall–Kier alpha value is -0.160. The minimum atomic E-state index is 0.699. The average Bonchev–Trinajstić information content (AvgIpc) is 2.62. The van der Waals surface area contributed by atoms with Crippen molar-refractivity contribution in [1.82, 2.24) is 10.2 Å². The predicted octanol–water partition coefficient (Wildman–Crippen LogP) is 1.11. The summed E-state index contributed by atoms with van der Waals surface area (Å²) in [7, 11) is 3.95. The summed E-state index contributed by atoms with van der Waals surface area (Å²) in [6.07, 6.45) is 5.03. The van der Waals surface area contributed by atoms with E-state index in [-0.39, 0.29) is 0 Å². The molecule has 1 aliphatic heterocycles. The molecule has 0 amide bonds. The lowest BCUT2D eigenvalue weighted by Gasteiger charge is -2.26. The molecule has 1 rings (SSSR count). The number of hydrogen-bond donors (Lipinski definition) is 1. The lowest BCUT2D eigenvalue weighted by molar-refractivity contribution is 0.0641. The normalized spacial score (nSPS) is 21.7. The van der Waals surface area contributed by atoms with E-state index in [2.05, 4.69) is 17.3 Å². The maximum absolute atomic E-state index is 5.47. The van der Waals surface area contributed by atoms with Gasteiger partial charge in [-0.2, -0.15) is 0 Å². The largest absolute Gasteiger partial charge is 0.382 e. The van der Waals surface area contributed by atoms with E-state index in [1.807, 2.05) is 0 Å². The van der Waals surface area contributed by atoms with Crippen molar-refractivity contribution in [3.8, 4) is 0 Å². The van der Waals surface area contributed by atoms with E-state index in [0.717, 1.165) is 25.6 Å². The molecular weight excluding hydrogens is 216 g/mol. The second-order valence-electron chi connectivity index (χ2n) is 4.77. The number of nitrogens with one attached hydrogen (secondary N) is 1. The van der Waals surface area contributed by atoms with Crippen molar-refractivity contribution in [1.29, 1.82) is 0 Å². The Kier molecular flexibility index (Phi) is 8.61. The van der Waals surface area contributed by atoms with E-state index in [1.54, 1.807) is 7.11 Å². The molecule has 17 heavy (non-hydrogen) atoms. The maximum Gasteiger partial charge on any atom is 0.0700 e. The molecule has 4 heteroatoms. The van der Waals surface area contributed by atoms with Gasteiger partial charge in [0.05, 0.1) is 13.2 Å². The molecule has 102 valence electrons. The van der Waals surface area contributed by atoms with Gasteiger partial charge in [-0.1, -0.05) is 0 Å². The number of nitrogens with zero attached hydrogens (tertiary/aromatic N) is 1. The summed E-state index contributed by atoms with van der Waals surface area (Å²) in [6.45, 7) is 5.75. The summed E-state index contributed by atoms with van der Waals surface area (Å²) in [4.78, 5) is 2.49. The van der Waals surface area contributed by atoms with E-state index in [9.17, 15) is 0 Å². The van der Waals surface area contributed by atoms with Crippen molar-refractivity contribution in [2.45, 2.75) is 31.7 Å². The molecule has 0 radical (unpaired) electrons. The molecule has 0 saturated carbocycles. The molecule has 0 aromatic rings. The van der Waals surface area contributed by atoms with Crippen molar-refractivity contribution in [2.24, 2.45) is 0 Å². The van der Waals surface area contributed by atoms with Gasteiger partial charge in [-0.05, 0) is 45.8 Å². The molecular formula is C13H28N2O2. The van der Waals surface area contributed by atoms with Crippen LogP contribution in [-0.4, -0.2) is 64.6 Å². The van der Waals surface area contributed by atoms with E-state index in [4.69, 9.17) is 9.47 Å². The molecule has 0 aromatic heterocycles. The fourth-order valence-electron chi connectivity index (χ4n) is 2.28. The first kappa shape index (κ1) is 14.9. The molecule has 0 aromatic carbocycles. The number of methoxy groups -OCH3 is 1. The van der Waals surface area contributed by atoms with Gasteiger partial charge in [-0.15, -0.1) is 0 Å². The molecule has 0 bridgehead atoms. The number of hydrogen-bond acceptors (Lipinski definition) is 4.